The van der Waals surface area contributed by atoms with E-state index in [1.165, 1.54) is 29.9 Å². The van der Waals surface area contributed by atoms with Crippen LogP contribution in [0, 0.1) is 0 Å². The summed E-state index contributed by atoms with van der Waals surface area (Å²) in [6.45, 7) is 5.34. The van der Waals surface area contributed by atoms with Crippen molar-refractivity contribution in [2.24, 2.45) is 4.99 Å². The van der Waals surface area contributed by atoms with Crippen molar-refractivity contribution >= 4 is 29.4 Å². The van der Waals surface area contributed by atoms with E-state index < -0.39 is 18.0 Å². The number of rotatable bonds is 9. The lowest BCUT2D eigenvalue weighted by molar-refractivity contribution is -0.139. The summed E-state index contributed by atoms with van der Waals surface area (Å²) in [4.78, 5) is 43.7. The highest BCUT2D eigenvalue weighted by atomic mass is 32.1. The number of methoxy groups -OCH3 is 1. The minimum atomic E-state index is -0.841. The van der Waals surface area contributed by atoms with E-state index in [1.54, 1.807) is 38.1 Å². The van der Waals surface area contributed by atoms with E-state index in [1.807, 2.05) is 54.6 Å². The fraction of sp³-hybridized carbons (Fsp3) is 0.212. The van der Waals surface area contributed by atoms with E-state index in [0.29, 0.717) is 33.0 Å². The minimum absolute atomic E-state index is 0.159. The van der Waals surface area contributed by atoms with Crippen LogP contribution in [0.2, 0.25) is 0 Å². The van der Waals surface area contributed by atoms with Gasteiger partial charge in [-0.1, -0.05) is 59.9 Å². The summed E-state index contributed by atoms with van der Waals surface area (Å²) >= 11 is 1.23. The zero-order valence-corrected chi connectivity index (χ0v) is 25.0. The second-order valence-corrected chi connectivity index (χ2v) is 10.7. The molecule has 5 rings (SSSR count). The fourth-order valence-corrected chi connectivity index (χ4v) is 5.80. The molecular formula is C33H30N2O7S. The first-order valence-electron chi connectivity index (χ1n) is 13.6. The molecule has 9 nitrogen and oxygen atoms in total. The van der Waals surface area contributed by atoms with Gasteiger partial charge in [0.25, 0.3) is 5.56 Å². The van der Waals surface area contributed by atoms with Crippen molar-refractivity contribution in [2.45, 2.75) is 33.4 Å². The molecule has 3 aromatic carbocycles. The van der Waals surface area contributed by atoms with E-state index in [4.69, 9.17) is 18.9 Å². The summed E-state index contributed by atoms with van der Waals surface area (Å²) in [5.74, 6) is 0.140. The van der Waals surface area contributed by atoms with E-state index in [-0.39, 0.29) is 29.2 Å². The van der Waals surface area contributed by atoms with Crippen LogP contribution in [-0.4, -0.2) is 30.2 Å². The van der Waals surface area contributed by atoms with Crippen LogP contribution < -0.4 is 29.1 Å². The Morgan fingerprint density at radius 1 is 1.02 bits per heavy atom. The second-order valence-electron chi connectivity index (χ2n) is 9.65. The van der Waals surface area contributed by atoms with Gasteiger partial charge < -0.3 is 18.9 Å². The number of aromatic nitrogens is 1. The number of hydrogen-bond acceptors (Lipinski definition) is 9. The molecule has 2 heterocycles. The van der Waals surface area contributed by atoms with Gasteiger partial charge in [0.15, 0.2) is 16.3 Å². The van der Waals surface area contributed by atoms with Gasteiger partial charge >= 0.3 is 11.9 Å². The Bertz CT molecular complexity index is 1870. The summed E-state index contributed by atoms with van der Waals surface area (Å²) in [5.41, 5.74) is 2.82. The first-order chi connectivity index (χ1) is 20.8. The summed E-state index contributed by atoms with van der Waals surface area (Å²) in [7, 11) is 1.45. The molecule has 1 atom stereocenters. The maximum atomic E-state index is 13.9. The monoisotopic (exact) mass is 598 g/mol. The highest BCUT2D eigenvalue weighted by Gasteiger charge is 2.34. The number of ether oxygens (including phenoxy) is 4. The number of hydrogen-bond donors (Lipinski definition) is 0. The molecule has 1 aromatic heterocycles. The molecule has 0 saturated carbocycles. The van der Waals surface area contributed by atoms with Gasteiger partial charge in [-0.2, -0.15) is 0 Å². The molecule has 1 aliphatic rings. The SMILES string of the molecule is CCOC(=O)C1=C(C)N=c2s/c(=C/c3ccc(OCc4ccccc4)cc3)c(=O)n2[C@H]1c1ccc(OC(C)=O)c(OC)c1. The number of fused-ring (bicyclic) bond motifs is 1. The topological polar surface area (TPSA) is 105 Å². The summed E-state index contributed by atoms with van der Waals surface area (Å²) < 4.78 is 23.9. The van der Waals surface area contributed by atoms with Gasteiger partial charge in [-0.3, -0.25) is 14.2 Å². The smallest absolute Gasteiger partial charge is 0.338 e. The number of benzene rings is 3. The molecule has 0 bridgehead atoms. The van der Waals surface area contributed by atoms with Crippen LogP contribution in [-0.2, 0) is 20.9 Å². The van der Waals surface area contributed by atoms with E-state index in [0.717, 1.165) is 11.1 Å². The molecule has 0 fully saturated rings. The lowest BCUT2D eigenvalue weighted by Crippen LogP contribution is -2.40. The average molecular weight is 599 g/mol. The second kappa shape index (κ2) is 12.9. The minimum Gasteiger partial charge on any atom is -0.493 e. The summed E-state index contributed by atoms with van der Waals surface area (Å²) in [6.07, 6.45) is 1.79. The van der Waals surface area contributed by atoms with Gasteiger partial charge in [0.05, 0.1) is 35.6 Å². The molecule has 4 aromatic rings. The first kappa shape index (κ1) is 29.5. The van der Waals surface area contributed by atoms with Crippen LogP contribution >= 0.6 is 11.3 Å². The quantitative estimate of drug-likeness (QED) is 0.209. The molecule has 0 spiro atoms. The Kier molecular flexibility index (Phi) is 8.87. The van der Waals surface area contributed by atoms with Crippen LogP contribution in [0.4, 0.5) is 0 Å². The predicted molar refractivity (Wildman–Crippen MR) is 162 cm³/mol. The van der Waals surface area contributed by atoms with Crippen molar-refractivity contribution in [1.29, 1.82) is 0 Å². The number of carbonyl (C=O) groups is 2. The molecular weight excluding hydrogens is 568 g/mol. The highest BCUT2D eigenvalue weighted by molar-refractivity contribution is 7.07. The van der Waals surface area contributed by atoms with Gasteiger partial charge in [-0.15, -0.1) is 0 Å². The number of nitrogens with zero attached hydrogens (tertiary/aromatic N) is 2. The van der Waals surface area contributed by atoms with E-state index in [2.05, 4.69) is 4.99 Å². The fourth-order valence-electron chi connectivity index (χ4n) is 4.75. The lowest BCUT2D eigenvalue weighted by atomic mass is 9.95. The van der Waals surface area contributed by atoms with Crippen molar-refractivity contribution < 1.29 is 28.5 Å². The third-order valence-corrected chi connectivity index (χ3v) is 7.68. The molecule has 10 heteroatoms. The Labute approximate surface area is 252 Å². The number of esters is 2. The molecule has 220 valence electrons. The third kappa shape index (κ3) is 6.44. The molecule has 0 N–H and O–H groups in total. The molecule has 43 heavy (non-hydrogen) atoms. The maximum Gasteiger partial charge on any atom is 0.338 e. The van der Waals surface area contributed by atoms with Crippen LogP contribution in [0.1, 0.15) is 43.5 Å². The Morgan fingerprint density at radius 2 is 1.77 bits per heavy atom. The predicted octanol–water partition coefficient (Wildman–Crippen LogP) is 4.31. The number of thiazole rings is 1. The first-order valence-corrected chi connectivity index (χ1v) is 14.4. The van der Waals surface area contributed by atoms with Gasteiger partial charge in [-0.05, 0) is 60.9 Å². The van der Waals surface area contributed by atoms with Gasteiger partial charge in [0.2, 0.25) is 0 Å². The van der Waals surface area contributed by atoms with Gasteiger partial charge in [-0.25, -0.2) is 9.79 Å². The molecule has 0 aliphatic carbocycles. The molecule has 0 amide bonds. The Morgan fingerprint density at radius 3 is 2.44 bits per heavy atom. The average Bonchev–Trinajstić information content (AvgIpc) is 3.30. The van der Waals surface area contributed by atoms with Crippen molar-refractivity contribution in [1.82, 2.24) is 4.57 Å². The van der Waals surface area contributed by atoms with Crippen molar-refractivity contribution in [2.75, 3.05) is 13.7 Å². The highest BCUT2D eigenvalue weighted by Crippen LogP contribution is 2.36. The number of allylic oxidation sites excluding steroid dienone is 1. The third-order valence-electron chi connectivity index (χ3n) is 6.70. The van der Waals surface area contributed by atoms with Crippen LogP contribution in [0.25, 0.3) is 6.08 Å². The van der Waals surface area contributed by atoms with Crippen LogP contribution in [0.5, 0.6) is 17.2 Å². The molecule has 1 aliphatic heterocycles. The van der Waals surface area contributed by atoms with Crippen molar-refractivity contribution in [3.8, 4) is 17.2 Å². The molecule has 0 unspecified atom stereocenters. The Hall–Kier alpha value is -4.96. The van der Waals surface area contributed by atoms with Crippen molar-refractivity contribution in [3.63, 3.8) is 0 Å². The maximum absolute atomic E-state index is 13.9. The van der Waals surface area contributed by atoms with E-state index >= 15 is 0 Å². The van der Waals surface area contributed by atoms with Crippen LogP contribution in [0.15, 0.2) is 93.9 Å². The zero-order valence-electron chi connectivity index (χ0n) is 24.2. The van der Waals surface area contributed by atoms with E-state index in [9.17, 15) is 14.4 Å². The summed E-state index contributed by atoms with van der Waals surface area (Å²) in [6, 6.07) is 21.4. The summed E-state index contributed by atoms with van der Waals surface area (Å²) in [5, 5.41) is 0. The molecule has 0 radical (unpaired) electrons. The van der Waals surface area contributed by atoms with Crippen molar-refractivity contribution in [3.05, 3.63) is 120 Å². The van der Waals surface area contributed by atoms with Crippen LogP contribution in [0.3, 0.4) is 0 Å². The Balaban J connectivity index is 1.54. The lowest BCUT2D eigenvalue weighted by Gasteiger charge is -2.25. The standard InChI is InChI=1S/C33H30N2O7S/c1-5-40-32(38)29-20(2)34-33-35(30(29)24-13-16-26(42-21(3)36)27(18-24)39-4)31(37)28(43-33)17-22-11-14-25(15-12-22)41-19-23-9-7-6-8-10-23/h6-18,30H,5,19H2,1-4H3/b28-17+/t30-/m0/s1. The van der Waals surface area contributed by atoms with Gasteiger partial charge in [0, 0.05) is 6.92 Å². The van der Waals surface area contributed by atoms with Gasteiger partial charge in [0.1, 0.15) is 12.4 Å². The largest absolute Gasteiger partial charge is 0.493 e. The molecule has 0 saturated heterocycles. The zero-order chi connectivity index (χ0) is 30.5. The normalized spacial score (nSPS) is 14.5. The number of carbonyl (C=O) groups excluding carboxylic acids is 2.